The quantitative estimate of drug-likeness (QED) is 0.609. The zero-order chi connectivity index (χ0) is 15.3. The third-order valence-electron chi connectivity index (χ3n) is 3.14. The number of rotatable bonds is 8. The molecule has 0 unspecified atom stereocenters. The number of amides is 1. The van der Waals surface area contributed by atoms with E-state index in [2.05, 4.69) is 15.4 Å². The minimum Gasteiger partial charge on any atom is -0.351 e. The molecule has 0 heterocycles. The zero-order valence-corrected chi connectivity index (χ0v) is 14.1. The van der Waals surface area contributed by atoms with E-state index in [4.69, 9.17) is 0 Å². The van der Waals surface area contributed by atoms with E-state index in [1.807, 2.05) is 6.92 Å². The van der Waals surface area contributed by atoms with Gasteiger partial charge in [-0.25, -0.2) is 13.1 Å². The Morgan fingerprint density at radius 3 is 2.64 bits per heavy atom. The molecule has 0 aliphatic heterocycles. The van der Waals surface area contributed by atoms with Gasteiger partial charge in [0.1, 0.15) is 0 Å². The Bertz CT molecular complexity index is 603. The third-order valence-corrected chi connectivity index (χ3v) is 4.66. The van der Waals surface area contributed by atoms with Crippen LogP contribution in [0.1, 0.15) is 30.1 Å². The summed E-state index contributed by atoms with van der Waals surface area (Å²) in [5.41, 5.74) is 0.352. The molecule has 1 aliphatic rings. The van der Waals surface area contributed by atoms with Crippen LogP contribution in [-0.4, -0.2) is 40.0 Å². The molecule has 1 amide bonds. The number of likely N-dealkylation sites (N-methyl/N-ethyl adjacent to an activating group) is 1. The van der Waals surface area contributed by atoms with Crippen LogP contribution in [0.5, 0.6) is 0 Å². The number of halogens is 1. The first-order chi connectivity index (χ1) is 10.0. The molecule has 3 N–H and O–H groups in total. The molecule has 1 fully saturated rings. The summed E-state index contributed by atoms with van der Waals surface area (Å²) >= 11 is 0. The maximum atomic E-state index is 12.1. The van der Waals surface area contributed by atoms with E-state index in [1.165, 1.54) is 12.1 Å². The Morgan fingerprint density at radius 2 is 2.00 bits per heavy atom. The van der Waals surface area contributed by atoms with Crippen LogP contribution in [-0.2, 0) is 10.0 Å². The minimum atomic E-state index is -3.52. The Hall–Kier alpha value is -1.15. The minimum absolute atomic E-state index is 0. The van der Waals surface area contributed by atoms with Crippen molar-refractivity contribution in [3.05, 3.63) is 29.8 Å². The lowest BCUT2D eigenvalue weighted by Gasteiger charge is -2.08. The molecule has 0 bridgehead atoms. The Balaban J connectivity index is 0.00000242. The second kappa shape index (κ2) is 8.47. The summed E-state index contributed by atoms with van der Waals surface area (Å²) in [7, 11) is -3.52. The molecule has 1 saturated carbocycles. The maximum Gasteiger partial charge on any atom is 0.251 e. The van der Waals surface area contributed by atoms with Gasteiger partial charge in [-0.15, -0.1) is 12.4 Å². The van der Waals surface area contributed by atoms with Crippen LogP contribution in [0.2, 0.25) is 0 Å². The van der Waals surface area contributed by atoms with E-state index in [0.717, 1.165) is 19.4 Å². The van der Waals surface area contributed by atoms with Gasteiger partial charge in [-0.1, -0.05) is 13.0 Å². The van der Waals surface area contributed by atoms with Crippen LogP contribution in [0.25, 0.3) is 0 Å². The van der Waals surface area contributed by atoms with E-state index < -0.39 is 10.0 Å². The largest absolute Gasteiger partial charge is 0.351 e. The summed E-state index contributed by atoms with van der Waals surface area (Å²) in [6.07, 6.45) is 1.76. The van der Waals surface area contributed by atoms with Gasteiger partial charge < -0.3 is 10.6 Å². The van der Waals surface area contributed by atoms with E-state index >= 15 is 0 Å². The van der Waals surface area contributed by atoms with Crippen molar-refractivity contribution < 1.29 is 13.2 Å². The van der Waals surface area contributed by atoms with Crippen LogP contribution in [0.3, 0.4) is 0 Å². The van der Waals surface area contributed by atoms with Crippen molar-refractivity contribution in [2.75, 3.05) is 19.6 Å². The second-order valence-corrected chi connectivity index (χ2v) is 6.75. The van der Waals surface area contributed by atoms with Gasteiger partial charge in [0, 0.05) is 24.7 Å². The van der Waals surface area contributed by atoms with Crippen LogP contribution < -0.4 is 15.4 Å². The van der Waals surface area contributed by atoms with Crippen molar-refractivity contribution in [2.24, 2.45) is 0 Å². The van der Waals surface area contributed by atoms with Crippen molar-refractivity contribution in [1.82, 2.24) is 15.4 Å². The first-order valence-corrected chi connectivity index (χ1v) is 8.62. The smallest absolute Gasteiger partial charge is 0.251 e. The standard InChI is InChI=1S/C14H21N3O3S.ClH/c1-2-15-8-9-16-14(18)11-4-3-5-13(10-11)21(19,20)17-12-6-7-12;/h3-5,10,12,15,17H,2,6-9H2,1H3,(H,16,18);1H. The fourth-order valence-corrected chi connectivity index (χ4v) is 3.19. The second-order valence-electron chi connectivity index (χ2n) is 5.03. The highest BCUT2D eigenvalue weighted by Crippen LogP contribution is 2.22. The zero-order valence-electron chi connectivity index (χ0n) is 12.5. The van der Waals surface area contributed by atoms with Gasteiger partial charge in [0.15, 0.2) is 0 Å². The summed E-state index contributed by atoms with van der Waals surface area (Å²) < 4.78 is 26.8. The third kappa shape index (κ3) is 5.57. The number of sulfonamides is 1. The molecule has 124 valence electrons. The molecule has 0 radical (unpaired) electrons. The molecule has 2 rings (SSSR count). The maximum absolute atomic E-state index is 12.1. The molecule has 8 heteroatoms. The van der Waals surface area contributed by atoms with Gasteiger partial charge >= 0.3 is 0 Å². The van der Waals surface area contributed by atoms with Gasteiger partial charge in [-0.2, -0.15) is 0 Å². The molecule has 0 saturated heterocycles. The molecule has 0 spiro atoms. The first kappa shape index (κ1) is 18.9. The number of benzene rings is 1. The number of carbonyl (C=O) groups is 1. The topological polar surface area (TPSA) is 87.3 Å². The van der Waals surface area contributed by atoms with Crippen molar-refractivity contribution in [1.29, 1.82) is 0 Å². The predicted molar refractivity (Wildman–Crippen MR) is 87.9 cm³/mol. The predicted octanol–water partition coefficient (Wildman–Crippen LogP) is 0.888. The lowest BCUT2D eigenvalue weighted by atomic mass is 10.2. The van der Waals surface area contributed by atoms with E-state index in [-0.39, 0.29) is 29.3 Å². The number of hydrogen-bond acceptors (Lipinski definition) is 4. The fourth-order valence-electron chi connectivity index (χ4n) is 1.84. The lowest BCUT2D eigenvalue weighted by Crippen LogP contribution is -2.32. The number of nitrogens with one attached hydrogen (secondary N) is 3. The molecule has 0 aromatic heterocycles. The summed E-state index contributed by atoms with van der Waals surface area (Å²) in [4.78, 5) is 12.1. The van der Waals surface area contributed by atoms with E-state index in [9.17, 15) is 13.2 Å². The number of hydrogen-bond donors (Lipinski definition) is 3. The van der Waals surface area contributed by atoms with Gasteiger partial charge in [-0.05, 0) is 37.6 Å². The fraction of sp³-hybridized carbons (Fsp3) is 0.500. The molecule has 6 nitrogen and oxygen atoms in total. The van der Waals surface area contributed by atoms with Crippen LogP contribution in [0.4, 0.5) is 0 Å². The summed E-state index contributed by atoms with van der Waals surface area (Å²) in [5, 5.41) is 5.85. The molecule has 0 atom stereocenters. The Kier molecular flexibility index (Phi) is 7.28. The molecule has 1 aliphatic carbocycles. The highest BCUT2D eigenvalue weighted by atomic mass is 35.5. The van der Waals surface area contributed by atoms with Crippen molar-refractivity contribution in [3.63, 3.8) is 0 Å². The monoisotopic (exact) mass is 347 g/mol. The molecule has 22 heavy (non-hydrogen) atoms. The highest BCUT2D eigenvalue weighted by Gasteiger charge is 2.28. The average molecular weight is 348 g/mol. The van der Waals surface area contributed by atoms with Gasteiger partial charge in [-0.3, -0.25) is 4.79 Å². The summed E-state index contributed by atoms with van der Waals surface area (Å²) in [6, 6.07) is 6.15. The van der Waals surface area contributed by atoms with Crippen LogP contribution in [0, 0.1) is 0 Å². The highest BCUT2D eigenvalue weighted by molar-refractivity contribution is 7.89. The molecule has 1 aromatic carbocycles. The first-order valence-electron chi connectivity index (χ1n) is 7.14. The van der Waals surface area contributed by atoms with Gasteiger partial charge in [0.05, 0.1) is 4.90 Å². The average Bonchev–Trinajstić information content (AvgIpc) is 3.27. The van der Waals surface area contributed by atoms with Crippen LogP contribution in [0.15, 0.2) is 29.2 Å². The van der Waals surface area contributed by atoms with E-state index in [0.29, 0.717) is 18.7 Å². The SMILES string of the molecule is CCNCCNC(=O)c1cccc(S(=O)(=O)NC2CC2)c1.Cl. The molecular weight excluding hydrogens is 326 g/mol. The molecular formula is C14H22ClN3O3S. The lowest BCUT2D eigenvalue weighted by molar-refractivity contribution is 0.0953. The van der Waals surface area contributed by atoms with Crippen molar-refractivity contribution in [3.8, 4) is 0 Å². The van der Waals surface area contributed by atoms with E-state index in [1.54, 1.807) is 12.1 Å². The molecule has 1 aromatic rings. The Labute approximate surface area is 137 Å². The normalized spacial score (nSPS) is 14.2. The van der Waals surface area contributed by atoms with Crippen molar-refractivity contribution >= 4 is 28.3 Å². The number of carbonyl (C=O) groups excluding carboxylic acids is 1. The van der Waals surface area contributed by atoms with Crippen molar-refractivity contribution in [2.45, 2.75) is 30.7 Å². The van der Waals surface area contributed by atoms with Gasteiger partial charge in [0.2, 0.25) is 10.0 Å². The summed E-state index contributed by atoms with van der Waals surface area (Å²) in [5.74, 6) is -0.267. The van der Waals surface area contributed by atoms with Crippen LogP contribution >= 0.6 is 12.4 Å². The summed E-state index contributed by atoms with van der Waals surface area (Å²) in [6.45, 7) is 4.02. The Morgan fingerprint density at radius 1 is 1.27 bits per heavy atom. The van der Waals surface area contributed by atoms with Gasteiger partial charge in [0.25, 0.3) is 5.91 Å².